The number of benzene rings is 2. The number of alkyl halides is 1. The molecular formula is C34H36ClF2N5O3. The third-order valence-electron chi connectivity index (χ3n) is 10.6. The number of ether oxygens (including phenoxy) is 1. The largest absolute Gasteiger partial charge is 0.508 e. The number of piperazine rings is 1. The molecule has 5 fully saturated rings. The third-order valence-corrected chi connectivity index (χ3v) is 10.9. The van der Waals surface area contributed by atoms with Gasteiger partial charge < -0.3 is 19.6 Å². The maximum absolute atomic E-state index is 16.2. The molecule has 2 aliphatic carbocycles. The fraction of sp³-hybridized carbons (Fsp3) is 0.500. The van der Waals surface area contributed by atoms with Crippen molar-refractivity contribution < 1.29 is 23.4 Å². The number of halogens is 3. The second kappa shape index (κ2) is 10.5. The van der Waals surface area contributed by atoms with Crippen LogP contribution in [0.25, 0.3) is 22.0 Å². The molecule has 0 radical (unpaired) electrons. The maximum atomic E-state index is 16.2. The first-order valence-electron chi connectivity index (χ1n) is 15.9. The number of anilines is 1. The standard InChI is InChI=1S/C34H36ClF2N5O3/c1-2-29(44)40-10-11-42(33(18-40)7-8-33)31-25-14-27(37)23(24-12-22(43)13-26(35)30(24)20-4-5-20)15-28(25)38-32(39-31)45-19-34-6-3-9-41(34)17-21(36)16-34/h2,12-15,20-21,43H,1,3-11,16-19H2/t21-,34+/m1/s1. The number of phenolic OH excluding ortho intramolecular Hbond substituents is 1. The van der Waals surface area contributed by atoms with Gasteiger partial charge >= 0.3 is 6.01 Å². The minimum Gasteiger partial charge on any atom is -0.508 e. The van der Waals surface area contributed by atoms with Crippen LogP contribution < -0.4 is 9.64 Å². The average Bonchev–Trinajstić information content (AvgIpc) is 3.93. The van der Waals surface area contributed by atoms with Gasteiger partial charge in [-0.25, -0.2) is 8.78 Å². The summed E-state index contributed by atoms with van der Waals surface area (Å²) in [5.41, 5.74) is 1.51. The van der Waals surface area contributed by atoms with Crippen molar-refractivity contribution in [2.24, 2.45) is 0 Å². The van der Waals surface area contributed by atoms with Gasteiger partial charge in [0.1, 0.15) is 30.2 Å². The van der Waals surface area contributed by atoms with Gasteiger partial charge in [-0.05, 0) is 92.5 Å². The Bertz CT molecular complexity index is 1730. The van der Waals surface area contributed by atoms with Crippen LogP contribution in [0.5, 0.6) is 11.8 Å². The highest BCUT2D eigenvalue weighted by Gasteiger charge is 2.53. The summed E-state index contributed by atoms with van der Waals surface area (Å²) >= 11 is 6.58. The average molecular weight is 636 g/mol. The molecule has 236 valence electrons. The second-order valence-electron chi connectivity index (χ2n) is 13.5. The molecule has 3 aliphatic heterocycles. The number of fused-ring (bicyclic) bond motifs is 2. The second-order valence-corrected chi connectivity index (χ2v) is 14.0. The van der Waals surface area contributed by atoms with Crippen LogP contribution in [0.4, 0.5) is 14.6 Å². The van der Waals surface area contributed by atoms with Crippen LogP contribution in [-0.2, 0) is 4.79 Å². The molecule has 1 aromatic heterocycles. The highest BCUT2D eigenvalue weighted by atomic mass is 35.5. The Morgan fingerprint density at radius 1 is 1.13 bits per heavy atom. The van der Waals surface area contributed by atoms with E-state index in [-0.39, 0.29) is 41.3 Å². The first kappa shape index (κ1) is 28.9. The molecule has 1 N–H and O–H groups in total. The van der Waals surface area contributed by atoms with Crippen LogP contribution in [0.15, 0.2) is 36.9 Å². The van der Waals surface area contributed by atoms with E-state index in [1.165, 1.54) is 18.2 Å². The molecule has 3 aromatic rings. The third kappa shape index (κ3) is 4.92. The fourth-order valence-corrected chi connectivity index (χ4v) is 8.42. The molecule has 2 atom stereocenters. The monoisotopic (exact) mass is 635 g/mol. The van der Waals surface area contributed by atoms with Crippen LogP contribution in [0, 0.1) is 5.82 Å². The summed E-state index contributed by atoms with van der Waals surface area (Å²) in [6, 6.07) is 6.41. The van der Waals surface area contributed by atoms with E-state index < -0.39 is 12.0 Å². The van der Waals surface area contributed by atoms with Crippen molar-refractivity contribution >= 4 is 34.2 Å². The van der Waals surface area contributed by atoms with Gasteiger partial charge in [0.2, 0.25) is 5.91 Å². The van der Waals surface area contributed by atoms with Gasteiger partial charge in [0, 0.05) is 48.6 Å². The Balaban J connectivity index is 1.23. The van der Waals surface area contributed by atoms with E-state index in [4.69, 9.17) is 26.3 Å². The Morgan fingerprint density at radius 3 is 2.71 bits per heavy atom. The molecule has 45 heavy (non-hydrogen) atoms. The van der Waals surface area contributed by atoms with Crippen molar-refractivity contribution in [2.45, 2.75) is 68.1 Å². The molecule has 3 saturated heterocycles. The van der Waals surface area contributed by atoms with Crippen molar-refractivity contribution in [3.8, 4) is 22.9 Å². The van der Waals surface area contributed by atoms with Gasteiger partial charge in [0.05, 0.1) is 16.6 Å². The zero-order valence-corrected chi connectivity index (χ0v) is 25.8. The number of hydrogen-bond acceptors (Lipinski definition) is 7. The molecule has 1 spiro atoms. The normalized spacial score (nSPS) is 25.6. The van der Waals surface area contributed by atoms with E-state index in [1.54, 1.807) is 12.1 Å². The molecule has 2 saturated carbocycles. The number of hydrogen-bond donors (Lipinski definition) is 1. The summed E-state index contributed by atoms with van der Waals surface area (Å²) in [6.45, 7) is 6.72. The predicted octanol–water partition coefficient (Wildman–Crippen LogP) is 5.99. The molecule has 1 amide bonds. The van der Waals surface area contributed by atoms with Crippen molar-refractivity contribution in [1.29, 1.82) is 0 Å². The van der Waals surface area contributed by atoms with Gasteiger partial charge in [-0.3, -0.25) is 9.69 Å². The minimum absolute atomic E-state index is 0.0305. The van der Waals surface area contributed by atoms with Gasteiger partial charge in [-0.2, -0.15) is 9.97 Å². The topological polar surface area (TPSA) is 82.0 Å². The minimum atomic E-state index is -0.883. The van der Waals surface area contributed by atoms with Crippen molar-refractivity contribution in [3.63, 3.8) is 0 Å². The first-order valence-corrected chi connectivity index (χ1v) is 16.3. The van der Waals surface area contributed by atoms with Gasteiger partial charge in [-0.1, -0.05) is 18.2 Å². The summed E-state index contributed by atoms with van der Waals surface area (Å²) in [6.07, 6.45) is 6.39. The molecule has 4 heterocycles. The van der Waals surface area contributed by atoms with E-state index in [2.05, 4.69) is 16.4 Å². The molecule has 0 unspecified atom stereocenters. The number of aromatic nitrogens is 2. The van der Waals surface area contributed by atoms with E-state index >= 15 is 4.39 Å². The van der Waals surface area contributed by atoms with Crippen LogP contribution in [0.1, 0.15) is 56.4 Å². The highest BCUT2D eigenvalue weighted by Crippen LogP contribution is 2.51. The number of phenols is 1. The summed E-state index contributed by atoms with van der Waals surface area (Å²) in [5.74, 6) is 0.183. The Kier molecular flexibility index (Phi) is 6.77. The van der Waals surface area contributed by atoms with Crippen LogP contribution in [-0.4, -0.2) is 87.4 Å². The lowest BCUT2D eigenvalue weighted by Crippen LogP contribution is -2.56. The van der Waals surface area contributed by atoms with Gasteiger partial charge in [0.25, 0.3) is 0 Å². The lowest BCUT2D eigenvalue weighted by atomic mass is 9.94. The smallest absolute Gasteiger partial charge is 0.319 e. The van der Waals surface area contributed by atoms with Crippen LogP contribution in [0.3, 0.4) is 0 Å². The van der Waals surface area contributed by atoms with E-state index in [9.17, 15) is 14.3 Å². The highest BCUT2D eigenvalue weighted by molar-refractivity contribution is 6.32. The van der Waals surface area contributed by atoms with Gasteiger partial charge in [0.15, 0.2) is 0 Å². The summed E-state index contributed by atoms with van der Waals surface area (Å²) in [7, 11) is 0. The first-order chi connectivity index (χ1) is 21.7. The summed E-state index contributed by atoms with van der Waals surface area (Å²) < 4.78 is 37.0. The van der Waals surface area contributed by atoms with Crippen molar-refractivity contribution in [3.05, 3.63) is 53.3 Å². The zero-order chi connectivity index (χ0) is 31.1. The number of rotatable bonds is 7. The molecule has 8 rings (SSSR count). The molecular weight excluding hydrogens is 600 g/mol. The number of nitrogens with zero attached hydrogens (tertiary/aromatic N) is 5. The Labute approximate surface area is 265 Å². The van der Waals surface area contributed by atoms with Crippen molar-refractivity contribution in [2.75, 3.05) is 44.2 Å². The Hall–Kier alpha value is -3.50. The van der Waals surface area contributed by atoms with E-state index in [0.29, 0.717) is 65.5 Å². The van der Waals surface area contributed by atoms with Gasteiger partial charge in [-0.15, -0.1) is 0 Å². The lowest BCUT2D eigenvalue weighted by molar-refractivity contribution is -0.127. The summed E-state index contributed by atoms with van der Waals surface area (Å²) in [5, 5.41) is 11.4. The molecule has 5 aliphatic rings. The molecule has 8 nitrogen and oxygen atoms in total. The van der Waals surface area contributed by atoms with Crippen molar-refractivity contribution in [1.82, 2.24) is 19.8 Å². The van der Waals surface area contributed by atoms with Crippen LogP contribution in [0.2, 0.25) is 5.02 Å². The number of aromatic hydroxyl groups is 1. The summed E-state index contributed by atoms with van der Waals surface area (Å²) in [4.78, 5) is 28.4. The molecule has 2 aromatic carbocycles. The fourth-order valence-electron chi connectivity index (χ4n) is 8.05. The lowest BCUT2D eigenvalue weighted by Gasteiger charge is -2.43. The number of carbonyl (C=O) groups excluding carboxylic acids is 1. The zero-order valence-electron chi connectivity index (χ0n) is 25.1. The predicted molar refractivity (Wildman–Crippen MR) is 168 cm³/mol. The number of amides is 1. The number of carbonyl (C=O) groups is 1. The quantitative estimate of drug-likeness (QED) is 0.319. The van der Waals surface area contributed by atoms with Crippen LogP contribution >= 0.6 is 11.6 Å². The molecule has 11 heteroatoms. The maximum Gasteiger partial charge on any atom is 0.319 e. The molecule has 0 bridgehead atoms. The Morgan fingerprint density at radius 2 is 1.96 bits per heavy atom. The van der Waals surface area contributed by atoms with E-state index in [1.807, 2.05) is 4.90 Å². The van der Waals surface area contributed by atoms with E-state index in [0.717, 1.165) is 50.6 Å². The SMILES string of the molecule is C=CC(=O)N1CCN(c2nc(OC[C@@]34CCCN3C[C@H](F)C4)nc3cc(-c4cc(O)cc(Cl)c4C4CC4)c(F)cc23)C2(CC2)C1.